The van der Waals surface area contributed by atoms with E-state index in [1.807, 2.05) is 13.8 Å². The first-order valence-electron chi connectivity index (χ1n) is 14.6. The number of hydrogen-bond donors (Lipinski definition) is 1. The third-order valence-corrected chi connectivity index (χ3v) is 9.20. The lowest BCUT2D eigenvalue weighted by Gasteiger charge is -2.37. The Morgan fingerprint density at radius 1 is 1.09 bits per heavy atom. The smallest absolute Gasteiger partial charge is 0.253 e. The Kier molecular flexibility index (Phi) is 8.70. The van der Waals surface area contributed by atoms with E-state index in [0.29, 0.717) is 41.6 Å². The fourth-order valence-corrected chi connectivity index (χ4v) is 7.43. The average molecular weight is 608 g/mol. The number of benzene rings is 2. The molecule has 3 heterocycles. The number of hydrogen-bond acceptors (Lipinski definition) is 6. The van der Waals surface area contributed by atoms with Crippen molar-refractivity contribution in [3.8, 4) is 5.75 Å². The van der Waals surface area contributed by atoms with E-state index in [4.69, 9.17) is 21.1 Å². The molecule has 2 bridgehead atoms. The summed E-state index contributed by atoms with van der Waals surface area (Å²) >= 11 is 6.51. The Bertz CT molecular complexity index is 1420. The number of rotatable bonds is 12. The molecule has 2 aromatic carbocycles. The van der Waals surface area contributed by atoms with Crippen molar-refractivity contribution in [3.05, 3.63) is 78.9 Å². The summed E-state index contributed by atoms with van der Waals surface area (Å²) in [6.45, 7) is 11.9. The van der Waals surface area contributed by atoms with Crippen molar-refractivity contribution in [2.45, 2.75) is 43.9 Å². The molecule has 2 aromatic rings. The summed E-state index contributed by atoms with van der Waals surface area (Å²) in [7, 11) is 0. The Morgan fingerprint density at radius 3 is 2.40 bits per heavy atom. The first kappa shape index (κ1) is 30.8. The molecule has 3 saturated heterocycles. The maximum absolute atomic E-state index is 14.5. The number of likely N-dealkylation sites (tertiary alicyclic amines) is 1. The van der Waals surface area contributed by atoms with Crippen LogP contribution in [0.1, 0.15) is 26.7 Å². The highest BCUT2D eigenvalue weighted by atomic mass is 35.5. The van der Waals surface area contributed by atoms with E-state index in [0.717, 1.165) is 0 Å². The minimum Gasteiger partial charge on any atom is -0.494 e. The van der Waals surface area contributed by atoms with Crippen molar-refractivity contribution in [2.75, 3.05) is 42.6 Å². The number of aliphatic hydroxyl groups excluding tert-OH is 1. The Morgan fingerprint density at radius 2 is 1.77 bits per heavy atom. The van der Waals surface area contributed by atoms with Crippen molar-refractivity contribution in [1.29, 1.82) is 0 Å². The van der Waals surface area contributed by atoms with Crippen LogP contribution in [-0.2, 0) is 19.1 Å². The van der Waals surface area contributed by atoms with Crippen molar-refractivity contribution >= 4 is 40.7 Å². The molecule has 3 amide bonds. The van der Waals surface area contributed by atoms with Crippen LogP contribution in [0.2, 0.25) is 5.02 Å². The fourth-order valence-electron chi connectivity index (χ4n) is 7.19. The van der Waals surface area contributed by atoms with E-state index in [2.05, 4.69) is 13.2 Å². The second kappa shape index (κ2) is 12.1. The van der Waals surface area contributed by atoms with Crippen LogP contribution in [0.5, 0.6) is 5.75 Å². The maximum Gasteiger partial charge on any atom is 0.253 e. The van der Waals surface area contributed by atoms with Gasteiger partial charge in [0.1, 0.15) is 17.4 Å². The number of β-amino-alcohol motifs (C(OH)–C–C–N with tert-alkyl or cyclic N) is 1. The van der Waals surface area contributed by atoms with Gasteiger partial charge in [-0.15, -0.1) is 13.2 Å². The van der Waals surface area contributed by atoms with E-state index in [9.17, 15) is 19.5 Å². The Labute approximate surface area is 257 Å². The topological polar surface area (TPSA) is 99.6 Å². The van der Waals surface area contributed by atoms with Gasteiger partial charge < -0.3 is 29.3 Å². The highest BCUT2D eigenvalue weighted by Crippen LogP contribution is 2.63. The van der Waals surface area contributed by atoms with Gasteiger partial charge in [0.05, 0.1) is 41.4 Å². The van der Waals surface area contributed by atoms with E-state index < -0.39 is 35.0 Å². The number of carbonyl (C=O) groups is 3. The highest BCUT2D eigenvalue weighted by Gasteiger charge is 2.78. The summed E-state index contributed by atoms with van der Waals surface area (Å²) in [5, 5.41) is 10.3. The van der Waals surface area contributed by atoms with Crippen LogP contribution in [-0.4, -0.2) is 77.8 Å². The molecule has 1 N–H and O–H groups in total. The molecule has 3 fully saturated rings. The number of fused-ring (bicyclic) bond motifs is 1. The zero-order valence-electron chi connectivity index (χ0n) is 24.6. The summed E-state index contributed by atoms with van der Waals surface area (Å²) in [4.78, 5) is 47.7. The summed E-state index contributed by atoms with van der Waals surface area (Å²) < 4.78 is 12.3. The number of halogens is 1. The monoisotopic (exact) mass is 607 g/mol. The van der Waals surface area contributed by atoms with Gasteiger partial charge in [-0.1, -0.05) is 35.9 Å². The number of nitrogens with zero attached hydrogens (tertiary/aromatic N) is 3. The van der Waals surface area contributed by atoms with Crippen LogP contribution in [0.4, 0.5) is 11.4 Å². The van der Waals surface area contributed by atoms with Crippen LogP contribution in [0.3, 0.4) is 0 Å². The predicted molar refractivity (Wildman–Crippen MR) is 165 cm³/mol. The highest BCUT2D eigenvalue weighted by molar-refractivity contribution is 6.34. The van der Waals surface area contributed by atoms with Gasteiger partial charge in [-0.3, -0.25) is 14.4 Å². The average Bonchev–Trinajstić information content (AvgIpc) is 3.56. The van der Waals surface area contributed by atoms with Crippen molar-refractivity contribution < 1.29 is 29.0 Å². The van der Waals surface area contributed by atoms with Crippen molar-refractivity contribution in [3.63, 3.8) is 0 Å². The lowest BCUT2D eigenvalue weighted by atomic mass is 9.66. The summed E-state index contributed by atoms with van der Waals surface area (Å²) in [6, 6.07) is 13.1. The Balaban J connectivity index is 1.56. The molecule has 5 atom stereocenters. The first-order valence-corrected chi connectivity index (χ1v) is 15.0. The summed E-state index contributed by atoms with van der Waals surface area (Å²) in [6.07, 6.45) is 4.13. The van der Waals surface area contributed by atoms with Crippen LogP contribution >= 0.6 is 11.6 Å². The molecule has 1 spiro atoms. The van der Waals surface area contributed by atoms with Gasteiger partial charge in [0.25, 0.3) is 5.91 Å². The Hall–Kier alpha value is -3.66. The number of para-hydroxylation sites is 1. The molecule has 3 aliphatic heterocycles. The number of carbonyl (C=O) groups excluding carboxylic acids is 3. The standard InChI is InChI=1S/C33H38ClN3O6/c1-5-18-35(22-12-14-23(15-13-22)42-7-3)29(39)26-27-30(40)37(20-21-38)28(33(27)17-16-32(26,4)43-33)31(41)36(19-6-2)25-11-9-8-10-24(25)34/h5-6,8-15,26-28,38H,1-2,7,16-21H2,3-4H3/t26-,27-,28?,32+,33?/m0/s1. The molecule has 2 unspecified atom stereocenters. The second-order valence-corrected chi connectivity index (χ2v) is 11.7. The number of ether oxygens (including phenoxy) is 2. The molecule has 0 aliphatic carbocycles. The van der Waals surface area contributed by atoms with Gasteiger partial charge in [0, 0.05) is 25.3 Å². The molecule has 43 heavy (non-hydrogen) atoms. The van der Waals surface area contributed by atoms with Crippen LogP contribution in [0, 0.1) is 11.8 Å². The van der Waals surface area contributed by atoms with E-state index in [1.54, 1.807) is 65.6 Å². The third kappa shape index (κ3) is 5.03. The number of anilines is 2. The van der Waals surface area contributed by atoms with E-state index in [1.165, 1.54) is 9.80 Å². The van der Waals surface area contributed by atoms with Crippen LogP contribution in [0.15, 0.2) is 73.8 Å². The lowest BCUT2D eigenvalue weighted by Crippen LogP contribution is -2.57. The van der Waals surface area contributed by atoms with Gasteiger partial charge in [0.15, 0.2) is 0 Å². The van der Waals surface area contributed by atoms with Gasteiger partial charge in [-0.2, -0.15) is 0 Å². The van der Waals surface area contributed by atoms with E-state index >= 15 is 0 Å². The molecule has 0 saturated carbocycles. The largest absolute Gasteiger partial charge is 0.494 e. The molecule has 0 aromatic heterocycles. The quantitative estimate of drug-likeness (QED) is 0.363. The zero-order chi connectivity index (χ0) is 30.9. The van der Waals surface area contributed by atoms with Gasteiger partial charge in [0.2, 0.25) is 11.8 Å². The molecule has 9 nitrogen and oxygen atoms in total. The molecule has 0 radical (unpaired) electrons. The summed E-state index contributed by atoms with van der Waals surface area (Å²) in [5.41, 5.74) is -1.11. The lowest BCUT2D eigenvalue weighted by molar-refractivity contribution is -0.145. The number of amides is 3. The third-order valence-electron chi connectivity index (χ3n) is 8.88. The first-order chi connectivity index (χ1) is 20.7. The molecular formula is C33H38ClN3O6. The molecule has 228 valence electrons. The van der Waals surface area contributed by atoms with Crippen LogP contribution in [0.25, 0.3) is 0 Å². The van der Waals surface area contributed by atoms with Gasteiger partial charge >= 0.3 is 0 Å². The second-order valence-electron chi connectivity index (χ2n) is 11.3. The zero-order valence-corrected chi connectivity index (χ0v) is 25.3. The minimum absolute atomic E-state index is 0.0752. The normalized spacial score (nSPS) is 27.1. The minimum atomic E-state index is -1.25. The molecular weight excluding hydrogens is 570 g/mol. The van der Waals surface area contributed by atoms with Crippen molar-refractivity contribution in [1.82, 2.24) is 4.90 Å². The van der Waals surface area contributed by atoms with Crippen LogP contribution < -0.4 is 14.5 Å². The predicted octanol–water partition coefficient (Wildman–Crippen LogP) is 4.23. The van der Waals surface area contributed by atoms with Gasteiger partial charge in [-0.25, -0.2) is 0 Å². The maximum atomic E-state index is 14.5. The number of aliphatic hydroxyl groups is 1. The van der Waals surface area contributed by atoms with Crippen molar-refractivity contribution in [2.24, 2.45) is 11.8 Å². The van der Waals surface area contributed by atoms with E-state index in [-0.39, 0.29) is 38.1 Å². The molecule has 5 rings (SSSR count). The fraction of sp³-hybridized carbons (Fsp3) is 0.424. The van der Waals surface area contributed by atoms with Gasteiger partial charge in [-0.05, 0) is 63.1 Å². The molecule has 3 aliphatic rings. The molecule has 10 heteroatoms. The summed E-state index contributed by atoms with van der Waals surface area (Å²) in [5.74, 6) is -2.14. The SMILES string of the molecule is C=CCN(C(=O)[C@@H]1[C@H]2C(=O)N(CCO)C(C(=O)N(CC=C)c3ccccc3Cl)C23CC[C@@]1(C)O3)c1ccc(OCC)cc1.